The third-order valence-electron chi connectivity index (χ3n) is 1.45. The summed E-state index contributed by atoms with van der Waals surface area (Å²) < 4.78 is 0. The van der Waals surface area contributed by atoms with Gasteiger partial charge >= 0.3 is 0 Å². The molecule has 11 heavy (non-hydrogen) atoms. The van der Waals surface area contributed by atoms with Crippen LogP contribution >= 0.6 is 0 Å². The molecule has 0 aliphatic carbocycles. The highest BCUT2D eigenvalue weighted by molar-refractivity contribution is 5.46. The van der Waals surface area contributed by atoms with Gasteiger partial charge in [-0.25, -0.2) is 0 Å². The van der Waals surface area contributed by atoms with Crippen LogP contribution in [0.4, 0.5) is 0 Å². The Bertz CT molecular complexity index is 89.7. The topological polar surface area (TPSA) is 72.3 Å². The first-order valence-electron chi connectivity index (χ1n) is 3.94. The van der Waals surface area contributed by atoms with E-state index in [1.807, 2.05) is 0 Å². The Hall–Kier alpha value is -0.610. The smallest absolute Gasteiger partial charge is 0.209 e. The highest BCUT2D eigenvalue weighted by atomic mass is 16.1. The molecule has 0 aromatic heterocycles. The maximum Gasteiger partial charge on any atom is 0.209 e. The fraction of sp³-hybridized carbons (Fsp3) is 0.857. The highest BCUT2D eigenvalue weighted by Crippen LogP contribution is 1.88. The molecule has 0 aromatic rings. The lowest BCUT2D eigenvalue weighted by molar-refractivity contribution is -0.118. The van der Waals surface area contributed by atoms with E-state index in [-0.39, 0.29) is 0 Å². The normalized spacial score (nSPS) is 9.64. The number of carbonyl (C=O) groups is 1. The van der Waals surface area contributed by atoms with Crippen LogP contribution in [0, 0.1) is 0 Å². The third-order valence-corrected chi connectivity index (χ3v) is 1.45. The molecule has 0 saturated carbocycles. The summed E-state index contributed by atoms with van der Waals surface area (Å²) in [6.07, 6.45) is 2.58. The minimum absolute atomic E-state index is 0.632. The molecule has 4 nitrogen and oxygen atoms in total. The molecule has 0 bridgehead atoms. The van der Waals surface area contributed by atoms with Crippen LogP contribution in [0.25, 0.3) is 0 Å². The largest absolute Gasteiger partial charge is 0.345 e. The van der Waals surface area contributed by atoms with Crippen molar-refractivity contribution in [2.24, 2.45) is 11.5 Å². The van der Waals surface area contributed by atoms with Gasteiger partial charge in [0.2, 0.25) is 6.41 Å². The summed E-state index contributed by atoms with van der Waals surface area (Å²) >= 11 is 0. The van der Waals surface area contributed by atoms with Gasteiger partial charge in [0.05, 0.1) is 0 Å². The maximum atomic E-state index is 10.4. The number of carbonyl (C=O) groups excluding carboxylic acids is 1. The lowest BCUT2D eigenvalue weighted by Crippen LogP contribution is -2.27. The second-order valence-electron chi connectivity index (χ2n) is 2.43. The molecule has 66 valence electrons. The van der Waals surface area contributed by atoms with Gasteiger partial charge in [-0.2, -0.15) is 0 Å². The van der Waals surface area contributed by atoms with Crippen molar-refractivity contribution in [1.82, 2.24) is 4.90 Å². The first-order chi connectivity index (χ1) is 5.35. The van der Waals surface area contributed by atoms with Crippen molar-refractivity contribution in [3.05, 3.63) is 0 Å². The molecular formula is C7H17N3O. The second kappa shape index (κ2) is 7.50. The Morgan fingerprint density at radius 2 is 1.55 bits per heavy atom. The average molecular weight is 159 g/mol. The Labute approximate surface area is 67.5 Å². The fourth-order valence-electron chi connectivity index (χ4n) is 0.806. The van der Waals surface area contributed by atoms with Crippen LogP contribution in [-0.4, -0.2) is 37.5 Å². The van der Waals surface area contributed by atoms with Crippen LogP contribution in [0.15, 0.2) is 0 Å². The summed E-state index contributed by atoms with van der Waals surface area (Å²) in [5, 5.41) is 0. The minimum atomic E-state index is 0.632. The van der Waals surface area contributed by atoms with Gasteiger partial charge in [0.1, 0.15) is 0 Å². The molecule has 0 rings (SSSR count). The van der Waals surface area contributed by atoms with Crippen LogP contribution in [0.1, 0.15) is 12.8 Å². The van der Waals surface area contributed by atoms with Crippen molar-refractivity contribution in [2.75, 3.05) is 26.2 Å². The molecule has 0 saturated heterocycles. The Morgan fingerprint density at radius 1 is 1.09 bits per heavy atom. The summed E-state index contributed by atoms with van der Waals surface area (Å²) in [6, 6.07) is 0. The predicted octanol–water partition coefficient (Wildman–Crippen LogP) is -0.858. The van der Waals surface area contributed by atoms with Gasteiger partial charge in [-0.1, -0.05) is 0 Å². The standard InChI is InChI=1S/C7H17N3O/c8-3-1-5-10(7-11)6-2-4-9/h7H,1-6,8-9H2. The molecule has 0 unspecified atom stereocenters. The Balaban J connectivity index is 3.33. The Kier molecular flexibility index (Phi) is 7.08. The van der Waals surface area contributed by atoms with E-state index in [0.29, 0.717) is 13.1 Å². The molecule has 0 aromatic carbocycles. The van der Waals surface area contributed by atoms with Crippen LogP contribution in [0.2, 0.25) is 0 Å². The van der Waals surface area contributed by atoms with Gasteiger partial charge in [0.15, 0.2) is 0 Å². The lowest BCUT2D eigenvalue weighted by Gasteiger charge is -2.15. The summed E-state index contributed by atoms with van der Waals surface area (Å²) in [6.45, 7) is 2.76. The number of nitrogens with zero attached hydrogens (tertiary/aromatic N) is 1. The van der Waals surface area contributed by atoms with Crippen molar-refractivity contribution in [3.8, 4) is 0 Å². The zero-order valence-corrected chi connectivity index (χ0v) is 6.83. The van der Waals surface area contributed by atoms with E-state index in [1.54, 1.807) is 4.90 Å². The minimum Gasteiger partial charge on any atom is -0.345 e. The van der Waals surface area contributed by atoms with Crippen molar-refractivity contribution in [1.29, 1.82) is 0 Å². The van der Waals surface area contributed by atoms with Crippen molar-refractivity contribution in [2.45, 2.75) is 12.8 Å². The summed E-state index contributed by atoms with van der Waals surface area (Å²) in [4.78, 5) is 12.1. The van der Waals surface area contributed by atoms with E-state index in [4.69, 9.17) is 11.5 Å². The summed E-state index contributed by atoms with van der Waals surface area (Å²) in [5.74, 6) is 0. The molecular weight excluding hydrogens is 142 g/mol. The van der Waals surface area contributed by atoms with Crippen LogP contribution in [-0.2, 0) is 4.79 Å². The summed E-state index contributed by atoms with van der Waals surface area (Å²) in [5.41, 5.74) is 10.6. The monoisotopic (exact) mass is 159 g/mol. The van der Waals surface area contributed by atoms with E-state index in [1.165, 1.54) is 0 Å². The van der Waals surface area contributed by atoms with Crippen LogP contribution in [0.5, 0.6) is 0 Å². The molecule has 0 atom stereocenters. The predicted molar refractivity (Wildman–Crippen MR) is 45.0 cm³/mol. The highest BCUT2D eigenvalue weighted by Gasteiger charge is 1.97. The molecule has 0 fully saturated rings. The zero-order chi connectivity index (χ0) is 8.53. The number of hydrogen-bond donors (Lipinski definition) is 2. The molecule has 0 aliphatic rings. The van der Waals surface area contributed by atoms with Gasteiger partial charge in [-0.15, -0.1) is 0 Å². The molecule has 4 heteroatoms. The first-order valence-corrected chi connectivity index (χ1v) is 3.94. The first kappa shape index (κ1) is 10.4. The van der Waals surface area contributed by atoms with Crippen LogP contribution in [0.3, 0.4) is 0 Å². The van der Waals surface area contributed by atoms with Gasteiger partial charge in [0, 0.05) is 13.1 Å². The number of rotatable bonds is 7. The van der Waals surface area contributed by atoms with Gasteiger partial charge in [-0.3, -0.25) is 4.79 Å². The quantitative estimate of drug-likeness (QED) is 0.475. The van der Waals surface area contributed by atoms with Crippen molar-refractivity contribution in [3.63, 3.8) is 0 Å². The second-order valence-corrected chi connectivity index (χ2v) is 2.43. The number of amides is 1. The molecule has 0 heterocycles. The molecule has 4 N–H and O–H groups in total. The fourth-order valence-corrected chi connectivity index (χ4v) is 0.806. The SMILES string of the molecule is NCCCN(C=O)CCCN. The lowest BCUT2D eigenvalue weighted by atomic mass is 10.3. The molecule has 0 radical (unpaired) electrons. The van der Waals surface area contributed by atoms with E-state index < -0.39 is 0 Å². The van der Waals surface area contributed by atoms with Crippen molar-refractivity contribution >= 4 is 6.41 Å². The Morgan fingerprint density at radius 3 is 1.82 bits per heavy atom. The average Bonchev–Trinajstić information content (AvgIpc) is 2.05. The van der Waals surface area contributed by atoms with Gasteiger partial charge in [-0.05, 0) is 25.9 Å². The maximum absolute atomic E-state index is 10.4. The van der Waals surface area contributed by atoms with E-state index >= 15 is 0 Å². The molecule has 0 spiro atoms. The van der Waals surface area contributed by atoms with E-state index in [2.05, 4.69) is 0 Å². The number of hydrogen-bond acceptors (Lipinski definition) is 3. The molecule has 0 aliphatic heterocycles. The van der Waals surface area contributed by atoms with Gasteiger partial charge in [0.25, 0.3) is 0 Å². The molecule has 1 amide bonds. The van der Waals surface area contributed by atoms with E-state index in [9.17, 15) is 4.79 Å². The zero-order valence-electron chi connectivity index (χ0n) is 6.83. The summed E-state index contributed by atoms with van der Waals surface area (Å²) in [7, 11) is 0. The van der Waals surface area contributed by atoms with Crippen LogP contribution < -0.4 is 11.5 Å². The third kappa shape index (κ3) is 5.82. The van der Waals surface area contributed by atoms with Gasteiger partial charge < -0.3 is 16.4 Å². The van der Waals surface area contributed by atoms with E-state index in [0.717, 1.165) is 32.3 Å². The van der Waals surface area contributed by atoms with Crippen molar-refractivity contribution < 1.29 is 4.79 Å². The number of nitrogens with two attached hydrogens (primary N) is 2.